The molecule has 0 amide bonds. The van der Waals surface area contributed by atoms with Crippen molar-refractivity contribution in [2.75, 3.05) is 0 Å². The summed E-state index contributed by atoms with van der Waals surface area (Å²) in [6.45, 7) is 3.64. The van der Waals surface area contributed by atoms with Crippen LogP contribution in [-0.2, 0) is 16.8 Å². The second-order valence-electron chi connectivity index (χ2n) is 10.8. The number of hydrogen-bond donors (Lipinski definition) is 2. The van der Waals surface area contributed by atoms with Crippen molar-refractivity contribution in [2.24, 2.45) is 0 Å². The molecule has 1 saturated carbocycles. The van der Waals surface area contributed by atoms with Crippen LogP contribution in [0.5, 0.6) is 0 Å². The fourth-order valence-corrected chi connectivity index (χ4v) is 7.67. The quantitative estimate of drug-likeness (QED) is 0.186. The van der Waals surface area contributed by atoms with Crippen molar-refractivity contribution in [1.82, 2.24) is 4.98 Å². The van der Waals surface area contributed by atoms with E-state index in [-0.39, 0.29) is 16.4 Å². The third-order valence-electron chi connectivity index (χ3n) is 7.09. The zero-order chi connectivity index (χ0) is 27.6. The summed E-state index contributed by atoms with van der Waals surface area (Å²) in [5.41, 5.74) is 4.32. The molecule has 0 radical (unpaired) electrons. The number of carboxylic acids is 1. The Morgan fingerprint density at radius 2 is 1.92 bits per heavy atom. The summed E-state index contributed by atoms with van der Waals surface area (Å²) in [4.78, 5) is 16.3. The fourth-order valence-electron chi connectivity index (χ4n) is 4.99. The molecular formula is C32H32ClNO3S2. The Bertz CT molecular complexity index is 1520. The minimum absolute atomic E-state index is 0.139. The zero-order valence-corrected chi connectivity index (χ0v) is 24.5. The van der Waals surface area contributed by atoms with Crippen LogP contribution in [0.25, 0.3) is 22.4 Å². The van der Waals surface area contributed by atoms with Gasteiger partial charge in [-0.2, -0.15) is 0 Å². The largest absolute Gasteiger partial charge is 0.481 e. The molecule has 4 aromatic rings. The molecule has 1 heterocycles. The van der Waals surface area contributed by atoms with Crippen LogP contribution in [-0.4, -0.2) is 25.9 Å². The topological polar surface area (TPSA) is 70.4 Å². The van der Waals surface area contributed by atoms with Crippen molar-refractivity contribution in [3.05, 3.63) is 99.0 Å². The number of benzene rings is 3. The summed E-state index contributed by atoms with van der Waals surface area (Å²) in [6, 6.07) is 22.3. The van der Waals surface area contributed by atoms with Crippen molar-refractivity contribution in [3.8, 4) is 0 Å². The van der Waals surface area contributed by atoms with E-state index in [0.717, 1.165) is 57.6 Å². The van der Waals surface area contributed by atoms with Gasteiger partial charge >= 0.3 is 5.97 Å². The standard InChI is InChI=1S/C32H32ClNO3S2/c1-31(2,37)25-9-4-3-7-22(25)11-13-27(39-32(16-17-32)20-30(35)36)23-8-5-6-21(18-23)10-15-29-34-26-19-24(33)12-14-28(26)38-29/h3-10,12,14-15,18-19,27,37H,11,13,16-17,20H2,1-2H3,(H,35,36)/b15-10+. The number of aliphatic carboxylic acids is 1. The predicted octanol–water partition coefficient (Wildman–Crippen LogP) is 8.76. The van der Waals surface area contributed by atoms with Crippen molar-refractivity contribution < 1.29 is 15.0 Å². The Morgan fingerprint density at radius 1 is 1.13 bits per heavy atom. The summed E-state index contributed by atoms with van der Waals surface area (Å²) >= 11 is 9.56. The second kappa shape index (κ2) is 11.5. The van der Waals surface area contributed by atoms with Crippen molar-refractivity contribution in [2.45, 2.75) is 61.5 Å². The maximum Gasteiger partial charge on any atom is 0.304 e. The number of thiazole rings is 1. The Kier molecular flexibility index (Phi) is 8.20. The molecule has 0 saturated heterocycles. The smallest absolute Gasteiger partial charge is 0.304 e. The number of fused-ring (bicyclic) bond motifs is 1. The molecule has 1 atom stereocenters. The van der Waals surface area contributed by atoms with Gasteiger partial charge in [0.2, 0.25) is 0 Å². The molecule has 0 spiro atoms. The Labute approximate surface area is 242 Å². The molecule has 1 aromatic heterocycles. The lowest BCUT2D eigenvalue weighted by Gasteiger charge is -2.25. The van der Waals surface area contributed by atoms with E-state index in [9.17, 15) is 15.0 Å². The lowest BCUT2D eigenvalue weighted by molar-refractivity contribution is -0.137. The summed E-state index contributed by atoms with van der Waals surface area (Å²) < 4.78 is 0.907. The van der Waals surface area contributed by atoms with E-state index in [1.807, 2.05) is 68.1 Å². The number of nitrogens with zero attached hydrogens (tertiary/aromatic N) is 1. The van der Waals surface area contributed by atoms with Crippen LogP contribution in [0.1, 0.15) is 72.0 Å². The first-order valence-corrected chi connectivity index (χ1v) is 15.2. The number of rotatable bonds is 11. The molecule has 1 unspecified atom stereocenters. The van der Waals surface area contributed by atoms with Gasteiger partial charge in [-0.25, -0.2) is 4.98 Å². The first-order valence-electron chi connectivity index (χ1n) is 13.1. The average Bonchev–Trinajstić information content (AvgIpc) is 3.51. The molecule has 4 nitrogen and oxygen atoms in total. The lowest BCUT2D eigenvalue weighted by Crippen LogP contribution is -2.18. The number of thioether (sulfide) groups is 1. The number of aliphatic hydroxyl groups is 1. The van der Waals surface area contributed by atoms with Gasteiger partial charge < -0.3 is 10.2 Å². The minimum Gasteiger partial charge on any atom is -0.481 e. The van der Waals surface area contributed by atoms with Gasteiger partial charge in [-0.3, -0.25) is 4.79 Å². The Balaban J connectivity index is 1.39. The molecule has 2 N–H and O–H groups in total. The highest BCUT2D eigenvalue weighted by Gasteiger charge is 2.47. The van der Waals surface area contributed by atoms with Crippen LogP contribution in [0, 0.1) is 0 Å². The third kappa shape index (κ3) is 7.12. The van der Waals surface area contributed by atoms with Gasteiger partial charge in [-0.15, -0.1) is 23.1 Å². The molecule has 202 valence electrons. The number of aromatic nitrogens is 1. The summed E-state index contributed by atoms with van der Waals surface area (Å²) in [5.74, 6) is -0.736. The van der Waals surface area contributed by atoms with Crippen LogP contribution in [0.2, 0.25) is 5.02 Å². The molecule has 1 fully saturated rings. The van der Waals surface area contributed by atoms with Crippen LogP contribution >= 0.6 is 34.7 Å². The maximum absolute atomic E-state index is 11.6. The van der Waals surface area contributed by atoms with E-state index in [1.165, 1.54) is 5.56 Å². The monoisotopic (exact) mass is 577 g/mol. The van der Waals surface area contributed by atoms with Gasteiger partial charge in [-0.1, -0.05) is 66.2 Å². The number of carboxylic acid groups (broad SMARTS) is 1. The predicted molar refractivity (Wildman–Crippen MR) is 165 cm³/mol. The lowest BCUT2D eigenvalue weighted by atomic mass is 9.90. The maximum atomic E-state index is 11.6. The number of halogens is 1. The van der Waals surface area contributed by atoms with E-state index in [4.69, 9.17) is 11.6 Å². The number of aryl methyl sites for hydroxylation is 1. The molecule has 0 aliphatic heterocycles. The van der Waals surface area contributed by atoms with Crippen molar-refractivity contribution in [1.29, 1.82) is 0 Å². The Hall–Kier alpha value is -2.64. The van der Waals surface area contributed by atoms with Gasteiger partial charge in [0, 0.05) is 15.0 Å². The third-order valence-corrected chi connectivity index (χ3v) is 10.2. The van der Waals surface area contributed by atoms with Crippen molar-refractivity contribution >= 4 is 63.0 Å². The van der Waals surface area contributed by atoms with E-state index >= 15 is 0 Å². The average molecular weight is 578 g/mol. The van der Waals surface area contributed by atoms with Gasteiger partial charge in [0.05, 0.1) is 22.2 Å². The summed E-state index contributed by atoms with van der Waals surface area (Å²) in [6.07, 6.45) is 7.82. The van der Waals surface area contributed by atoms with Crippen LogP contribution < -0.4 is 0 Å². The molecule has 3 aromatic carbocycles. The zero-order valence-electron chi connectivity index (χ0n) is 22.1. The summed E-state index contributed by atoms with van der Waals surface area (Å²) in [5, 5.41) is 22.0. The van der Waals surface area contributed by atoms with Crippen LogP contribution in [0.4, 0.5) is 0 Å². The van der Waals surface area contributed by atoms with Crippen molar-refractivity contribution in [3.63, 3.8) is 0 Å². The molecule has 0 bridgehead atoms. The second-order valence-corrected chi connectivity index (χ2v) is 14.0. The fraction of sp³-hybridized carbons (Fsp3) is 0.312. The Morgan fingerprint density at radius 3 is 2.67 bits per heavy atom. The highest BCUT2D eigenvalue weighted by Crippen LogP contribution is 2.57. The van der Waals surface area contributed by atoms with Gasteiger partial charge in [0.25, 0.3) is 0 Å². The van der Waals surface area contributed by atoms with E-state index in [2.05, 4.69) is 41.4 Å². The summed E-state index contributed by atoms with van der Waals surface area (Å²) in [7, 11) is 0. The van der Waals surface area contributed by atoms with E-state index in [0.29, 0.717) is 5.02 Å². The van der Waals surface area contributed by atoms with Gasteiger partial charge in [0.15, 0.2) is 0 Å². The molecular weight excluding hydrogens is 546 g/mol. The van der Waals surface area contributed by atoms with Crippen LogP contribution in [0.3, 0.4) is 0 Å². The molecule has 5 rings (SSSR count). The van der Waals surface area contributed by atoms with E-state index < -0.39 is 11.6 Å². The van der Waals surface area contributed by atoms with Gasteiger partial charge in [0.1, 0.15) is 5.01 Å². The molecule has 7 heteroatoms. The highest BCUT2D eigenvalue weighted by molar-refractivity contribution is 8.01. The molecule has 1 aliphatic rings. The molecule has 1 aliphatic carbocycles. The van der Waals surface area contributed by atoms with E-state index in [1.54, 1.807) is 11.3 Å². The normalized spacial score (nSPS) is 15.6. The van der Waals surface area contributed by atoms with Gasteiger partial charge in [-0.05, 0) is 86.1 Å². The first-order chi connectivity index (χ1) is 18.6. The number of hydrogen-bond acceptors (Lipinski definition) is 5. The molecule has 39 heavy (non-hydrogen) atoms. The SMILES string of the molecule is CC(C)(O)c1ccccc1CCC(SC1(CC(=O)O)CC1)c1cccc(/C=C/c2nc3cc(Cl)ccc3s2)c1. The number of carbonyl (C=O) groups is 1. The minimum atomic E-state index is -0.920. The first kappa shape index (κ1) is 27.9. The van der Waals surface area contributed by atoms with Crippen LogP contribution in [0.15, 0.2) is 66.7 Å². The highest BCUT2D eigenvalue weighted by atomic mass is 35.5.